The van der Waals surface area contributed by atoms with Crippen LogP contribution in [0, 0.1) is 0 Å². The molecule has 0 saturated carbocycles. The third-order valence-corrected chi connectivity index (χ3v) is 12.7. The average molecular weight is 942 g/mol. The van der Waals surface area contributed by atoms with Gasteiger partial charge in [0.05, 0.1) is 62.5 Å². The van der Waals surface area contributed by atoms with Gasteiger partial charge in [-0.05, 0) is 62.9 Å². The number of nitrogens with one attached hydrogen (secondary N) is 2. The molecule has 7 aromatic rings. The highest BCUT2D eigenvalue weighted by Gasteiger charge is 2.25. The Labute approximate surface area is 404 Å². The number of hydrogen-bond acceptors (Lipinski definition) is 16. The Morgan fingerprint density at radius 1 is 0.913 bits per heavy atom. The van der Waals surface area contributed by atoms with Crippen LogP contribution in [-0.4, -0.2) is 137 Å². The standard InChI is InChI=1S/C51H67N13O5/c1-6-37-34-56-64-47(31-48(59-50(37)64)63-19-10-9-11-38(63)17-23-65)54-32-36-14-15-49(55-33-36)69-28-27-68-26-25-67-24-22-60(2)20-21-61(3)45-30-46(66-5)43(29-41(45)52)58-51-53-18-16-42(57-51)40-35-62(4)44-13-8-7-12-39(40)44/h7-8,12-16,18,29-31,33-35,38,54,65H,6,9-11,17,19-28,32,52H2,1-5H3,(H,53,57,58)/t38-/m0/s1. The van der Waals surface area contributed by atoms with Crippen LogP contribution in [-0.2, 0) is 29.5 Å². The number of benzene rings is 2. The number of nitrogen functional groups attached to an aromatic ring is 1. The smallest absolute Gasteiger partial charge is 0.227 e. The van der Waals surface area contributed by atoms with Crippen molar-refractivity contribution in [2.45, 2.75) is 51.6 Å². The van der Waals surface area contributed by atoms with E-state index in [9.17, 15) is 5.11 Å². The molecule has 366 valence electrons. The lowest BCUT2D eigenvalue weighted by atomic mass is 9.99. The molecule has 0 spiro atoms. The highest BCUT2D eigenvalue weighted by Crippen LogP contribution is 2.37. The lowest BCUT2D eigenvalue weighted by Gasteiger charge is -2.36. The fourth-order valence-corrected chi connectivity index (χ4v) is 8.78. The molecule has 1 aliphatic heterocycles. The summed E-state index contributed by atoms with van der Waals surface area (Å²) in [6.07, 6.45) is 12.5. The van der Waals surface area contributed by atoms with E-state index < -0.39 is 0 Å². The van der Waals surface area contributed by atoms with Gasteiger partial charge in [-0.1, -0.05) is 31.2 Å². The number of methoxy groups -OCH3 is 1. The van der Waals surface area contributed by atoms with E-state index in [0.29, 0.717) is 68.5 Å². The Morgan fingerprint density at radius 3 is 2.57 bits per heavy atom. The van der Waals surface area contributed by atoms with E-state index in [0.717, 1.165) is 108 Å². The zero-order chi connectivity index (χ0) is 48.1. The van der Waals surface area contributed by atoms with Crippen molar-refractivity contribution in [1.29, 1.82) is 0 Å². The molecule has 18 heteroatoms. The maximum absolute atomic E-state index is 9.72. The number of aryl methyl sites for hydroxylation is 2. The van der Waals surface area contributed by atoms with Crippen molar-refractivity contribution in [2.75, 3.05) is 113 Å². The van der Waals surface area contributed by atoms with Crippen LogP contribution in [0.15, 0.2) is 85.5 Å². The van der Waals surface area contributed by atoms with Crippen molar-refractivity contribution in [1.82, 2.24) is 39.0 Å². The van der Waals surface area contributed by atoms with Gasteiger partial charge in [0.15, 0.2) is 5.65 Å². The number of fused-ring (bicyclic) bond motifs is 2. The second kappa shape index (κ2) is 23.5. The molecule has 69 heavy (non-hydrogen) atoms. The van der Waals surface area contributed by atoms with Crippen LogP contribution in [0.25, 0.3) is 27.8 Å². The zero-order valence-electron chi connectivity index (χ0n) is 40.6. The lowest BCUT2D eigenvalue weighted by Crippen LogP contribution is -2.40. The maximum atomic E-state index is 9.72. The zero-order valence-corrected chi connectivity index (χ0v) is 40.6. The Hall–Kier alpha value is -6.73. The maximum Gasteiger partial charge on any atom is 0.227 e. The van der Waals surface area contributed by atoms with Crippen LogP contribution in [0.1, 0.15) is 43.7 Å². The van der Waals surface area contributed by atoms with E-state index in [4.69, 9.17) is 34.6 Å². The van der Waals surface area contributed by atoms with Crippen molar-refractivity contribution in [3.05, 3.63) is 96.6 Å². The number of aliphatic hydroxyl groups is 1. The second-order valence-electron chi connectivity index (χ2n) is 17.4. The number of rotatable bonds is 25. The van der Waals surface area contributed by atoms with Crippen LogP contribution in [0.5, 0.6) is 11.6 Å². The number of para-hydroxylation sites is 1. The van der Waals surface area contributed by atoms with Gasteiger partial charge in [-0.2, -0.15) is 9.61 Å². The van der Waals surface area contributed by atoms with Gasteiger partial charge >= 0.3 is 0 Å². The molecule has 0 radical (unpaired) electrons. The van der Waals surface area contributed by atoms with Crippen LogP contribution < -0.4 is 35.6 Å². The van der Waals surface area contributed by atoms with E-state index in [-0.39, 0.29) is 12.6 Å². The number of nitrogens with zero attached hydrogens (tertiary/aromatic N) is 10. The Bertz CT molecular complexity index is 2740. The fourth-order valence-electron chi connectivity index (χ4n) is 8.78. The van der Waals surface area contributed by atoms with Crippen LogP contribution in [0.2, 0.25) is 0 Å². The number of pyridine rings is 1. The number of hydrogen-bond donors (Lipinski definition) is 4. The molecular weight excluding hydrogens is 875 g/mol. The van der Waals surface area contributed by atoms with Gasteiger partial charge in [0.2, 0.25) is 11.8 Å². The van der Waals surface area contributed by atoms with Crippen molar-refractivity contribution in [2.24, 2.45) is 7.05 Å². The first-order valence-electron chi connectivity index (χ1n) is 24.0. The summed E-state index contributed by atoms with van der Waals surface area (Å²) in [4.78, 5) is 25.6. The predicted octanol–water partition coefficient (Wildman–Crippen LogP) is 6.80. The first kappa shape index (κ1) is 48.7. The molecule has 2 aromatic carbocycles. The van der Waals surface area contributed by atoms with Crippen LogP contribution in [0.3, 0.4) is 0 Å². The molecule has 1 saturated heterocycles. The quantitative estimate of drug-likeness (QED) is 0.0345. The molecule has 5 N–H and O–H groups in total. The highest BCUT2D eigenvalue weighted by molar-refractivity contribution is 5.95. The second-order valence-corrected chi connectivity index (χ2v) is 17.4. The molecule has 6 heterocycles. The molecule has 0 bridgehead atoms. The van der Waals surface area contributed by atoms with E-state index in [1.54, 1.807) is 13.3 Å². The average Bonchev–Trinajstić information content (AvgIpc) is 3.95. The first-order chi connectivity index (χ1) is 33.7. The Kier molecular flexibility index (Phi) is 16.6. The predicted molar refractivity (Wildman–Crippen MR) is 273 cm³/mol. The summed E-state index contributed by atoms with van der Waals surface area (Å²) in [5.41, 5.74) is 14.7. The summed E-state index contributed by atoms with van der Waals surface area (Å²) in [6.45, 7) is 8.48. The third-order valence-electron chi connectivity index (χ3n) is 12.7. The molecule has 0 amide bonds. The molecule has 5 aromatic heterocycles. The van der Waals surface area contributed by atoms with Crippen molar-refractivity contribution < 1.29 is 24.1 Å². The number of anilines is 6. The largest absolute Gasteiger partial charge is 0.494 e. The van der Waals surface area contributed by atoms with Crippen LogP contribution in [0.4, 0.5) is 34.6 Å². The van der Waals surface area contributed by atoms with Gasteiger partial charge in [0.25, 0.3) is 0 Å². The SMILES string of the molecule is CCc1cnn2c(NCc3ccc(OCCOCCOCCN(C)CCN(C)c4cc(OC)c(Nc5nccc(-c6cn(C)c7ccccc67)n5)cc4N)nc3)cc(N3CCCC[C@H]3CCO)nc12. The topological polar surface area (TPSA) is 191 Å². The van der Waals surface area contributed by atoms with E-state index in [1.165, 1.54) is 6.42 Å². The van der Waals surface area contributed by atoms with Crippen LogP contribution >= 0.6 is 0 Å². The fraction of sp³-hybridized carbons (Fsp3) is 0.431. The number of aliphatic hydroxyl groups excluding tert-OH is 1. The molecule has 18 nitrogen and oxygen atoms in total. The number of likely N-dealkylation sites (N-methyl/N-ethyl adjacent to an activating group) is 2. The van der Waals surface area contributed by atoms with E-state index in [2.05, 4.69) is 83.3 Å². The van der Waals surface area contributed by atoms with Gasteiger partial charge in [0.1, 0.15) is 24.0 Å². The summed E-state index contributed by atoms with van der Waals surface area (Å²) >= 11 is 0. The Morgan fingerprint density at radius 2 is 1.75 bits per heavy atom. The summed E-state index contributed by atoms with van der Waals surface area (Å²) in [5.74, 6) is 3.42. The highest BCUT2D eigenvalue weighted by atomic mass is 16.5. The molecule has 0 unspecified atom stereocenters. The minimum Gasteiger partial charge on any atom is -0.494 e. The summed E-state index contributed by atoms with van der Waals surface area (Å²) in [5, 5.41) is 22.4. The first-order valence-corrected chi connectivity index (χ1v) is 24.0. The third kappa shape index (κ3) is 12.1. The number of aromatic nitrogens is 7. The van der Waals surface area contributed by atoms with Gasteiger partial charge in [-0.25, -0.2) is 19.9 Å². The molecule has 1 fully saturated rings. The van der Waals surface area contributed by atoms with Gasteiger partial charge < -0.3 is 59.7 Å². The van der Waals surface area contributed by atoms with Gasteiger partial charge in [-0.15, -0.1) is 0 Å². The minimum absolute atomic E-state index is 0.172. The summed E-state index contributed by atoms with van der Waals surface area (Å²) in [7, 11) is 7.78. The van der Waals surface area contributed by atoms with Crippen molar-refractivity contribution in [3.8, 4) is 22.9 Å². The van der Waals surface area contributed by atoms with E-state index in [1.807, 2.05) is 73.5 Å². The Balaban J connectivity index is 0.714. The molecule has 1 atom stereocenters. The lowest BCUT2D eigenvalue weighted by molar-refractivity contribution is 0.0308. The number of nitrogens with two attached hydrogens (primary N) is 1. The normalized spacial score (nSPS) is 14.0. The van der Waals surface area contributed by atoms with Crippen molar-refractivity contribution >= 4 is 51.2 Å². The van der Waals surface area contributed by atoms with Gasteiger partial charge in [0, 0.05) is 118 Å². The number of ether oxygens (including phenoxy) is 4. The monoisotopic (exact) mass is 942 g/mol. The molecule has 8 rings (SSSR count). The summed E-state index contributed by atoms with van der Waals surface area (Å²) in [6, 6.07) is 20.2. The molecular formula is C51H67N13O5. The number of piperidine rings is 1. The van der Waals surface area contributed by atoms with Gasteiger partial charge in [-0.3, -0.25) is 0 Å². The molecule has 1 aliphatic rings. The van der Waals surface area contributed by atoms with Crippen molar-refractivity contribution in [3.63, 3.8) is 0 Å². The van der Waals surface area contributed by atoms with E-state index >= 15 is 0 Å². The molecule has 0 aliphatic carbocycles. The summed E-state index contributed by atoms with van der Waals surface area (Å²) < 4.78 is 27.2. The minimum atomic E-state index is 0.172.